The zero-order valence-electron chi connectivity index (χ0n) is 21.1. The van der Waals surface area contributed by atoms with Gasteiger partial charge in [0.25, 0.3) is 0 Å². The first kappa shape index (κ1) is 23.3. The molecular formula is C29H32N4O2S. The summed E-state index contributed by atoms with van der Waals surface area (Å²) in [7, 11) is -1.00. The summed E-state index contributed by atoms with van der Waals surface area (Å²) in [4.78, 5) is 13.3. The number of sulfone groups is 1. The highest BCUT2D eigenvalue weighted by atomic mass is 32.2. The summed E-state index contributed by atoms with van der Waals surface area (Å²) in [6.45, 7) is 8.69. The minimum Gasteiger partial charge on any atom is -0.369 e. The van der Waals surface area contributed by atoms with Crippen LogP contribution in [0.25, 0.3) is 33.3 Å². The number of likely N-dealkylation sites (N-methyl/N-ethyl adjacent to an activating group) is 1. The van der Waals surface area contributed by atoms with Gasteiger partial charge in [-0.1, -0.05) is 12.1 Å². The lowest BCUT2D eigenvalue weighted by molar-refractivity contribution is 0.312. The van der Waals surface area contributed by atoms with Crippen LogP contribution in [-0.4, -0.2) is 61.8 Å². The second kappa shape index (κ2) is 8.75. The van der Waals surface area contributed by atoms with Crippen LogP contribution in [0.5, 0.6) is 0 Å². The molecule has 4 aromatic rings. The summed E-state index contributed by atoms with van der Waals surface area (Å²) in [5.41, 5.74) is 9.00. The number of nitrogens with zero attached hydrogens (tertiary/aromatic N) is 3. The lowest BCUT2D eigenvalue weighted by Gasteiger charge is -2.36. The van der Waals surface area contributed by atoms with Crippen molar-refractivity contribution in [2.24, 2.45) is 0 Å². The van der Waals surface area contributed by atoms with E-state index in [9.17, 15) is 8.42 Å². The van der Waals surface area contributed by atoms with Crippen LogP contribution in [0, 0.1) is 13.8 Å². The fraction of sp³-hybridized carbons (Fsp3) is 0.345. The van der Waals surface area contributed by atoms with Crippen LogP contribution in [0.1, 0.15) is 24.0 Å². The van der Waals surface area contributed by atoms with E-state index in [1.807, 2.05) is 24.5 Å². The van der Waals surface area contributed by atoms with Crippen molar-refractivity contribution in [3.63, 3.8) is 0 Å². The standard InChI is InChI=1S/C29H32N4O2S/c1-19-14-22(15-20(2)28(19)33-12-10-32(3)11-13-33)23-16-26-27(18-31-29(26)30-17-23)21-4-6-24(7-5-21)36(34,35)25-8-9-25/h4-7,14-18,25H,8-13H2,1-3H3,(H,30,31). The first-order valence-electron chi connectivity index (χ1n) is 12.7. The molecule has 0 spiro atoms. The second-order valence-electron chi connectivity index (χ2n) is 10.3. The van der Waals surface area contributed by atoms with Gasteiger partial charge in [-0.2, -0.15) is 0 Å². The molecule has 0 bridgehead atoms. The zero-order valence-corrected chi connectivity index (χ0v) is 21.9. The minimum atomic E-state index is -3.19. The van der Waals surface area contributed by atoms with Gasteiger partial charge in [0.2, 0.25) is 0 Å². The third-order valence-corrected chi connectivity index (χ3v) is 9.91. The van der Waals surface area contributed by atoms with Gasteiger partial charge in [0.05, 0.1) is 10.1 Å². The number of H-pyrrole nitrogens is 1. The maximum Gasteiger partial charge on any atom is 0.181 e. The number of hydrogen-bond donors (Lipinski definition) is 1. The lowest BCUT2D eigenvalue weighted by atomic mass is 9.97. The first-order valence-corrected chi connectivity index (χ1v) is 14.2. The summed E-state index contributed by atoms with van der Waals surface area (Å²) < 4.78 is 25.2. The Morgan fingerprint density at radius 1 is 0.889 bits per heavy atom. The number of hydrogen-bond acceptors (Lipinski definition) is 5. The molecule has 1 saturated carbocycles. The smallest absolute Gasteiger partial charge is 0.181 e. The average Bonchev–Trinajstić information content (AvgIpc) is 3.65. The molecule has 7 heteroatoms. The highest BCUT2D eigenvalue weighted by molar-refractivity contribution is 7.92. The van der Waals surface area contributed by atoms with E-state index < -0.39 is 9.84 Å². The van der Waals surface area contributed by atoms with Gasteiger partial charge < -0.3 is 14.8 Å². The molecule has 36 heavy (non-hydrogen) atoms. The number of nitrogens with one attached hydrogen (secondary N) is 1. The Balaban J connectivity index is 1.34. The average molecular weight is 501 g/mol. The predicted octanol–water partition coefficient (Wildman–Crippen LogP) is 5.20. The SMILES string of the molecule is Cc1cc(-c2cnc3[nH]cc(-c4ccc(S(=O)(=O)C5CC5)cc4)c3c2)cc(C)c1N1CCN(C)CC1. The summed E-state index contributed by atoms with van der Waals surface area (Å²) in [5.74, 6) is 0. The molecule has 2 fully saturated rings. The van der Waals surface area contributed by atoms with Crippen molar-refractivity contribution >= 4 is 26.6 Å². The molecule has 2 aliphatic rings. The van der Waals surface area contributed by atoms with Crippen LogP contribution in [0.15, 0.2) is 59.8 Å². The third kappa shape index (κ3) is 4.10. The maximum atomic E-state index is 12.6. The van der Waals surface area contributed by atoms with E-state index in [0.29, 0.717) is 4.90 Å². The minimum absolute atomic E-state index is 0.197. The topological polar surface area (TPSA) is 69.3 Å². The van der Waals surface area contributed by atoms with Crippen LogP contribution in [-0.2, 0) is 9.84 Å². The third-order valence-electron chi connectivity index (χ3n) is 7.63. The van der Waals surface area contributed by atoms with E-state index in [4.69, 9.17) is 4.98 Å². The molecule has 6 nitrogen and oxygen atoms in total. The molecular weight excluding hydrogens is 468 g/mol. The zero-order chi connectivity index (χ0) is 25.0. The highest BCUT2D eigenvalue weighted by Gasteiger charge is 2.36. The van der Waals surface area contributed by atoms with Gasteiger partial charge in [-0.3, -0.25) is 0 Å². The molecule has 3 heterocycles. The molecule has 186 valence electrons. The number of anilines is 1. The van der Waals surface area contributed by atoms with Crippen molar-refractivity contribution in [3.8, 4) is 22.3 Å². The largest absolute Gasteiger partial charge is 0.369 e. The van der Waals surface area contributed by atoms with E-state index in [-0.39, 0.29) is 5.25 Å². The highest BCUT2D eigenvalue weighted by Crippen LogP contribution is 2.37. The Hall–Kier alpha value is -3.16. The van der Waals surface area contributed by atoms with E-state index in [1.54, 1.807) is 12.1 Å². The van der Waals surface area contributed by atoms with Crippen molar-refractivity contribution in [1.29, 1.82) is 0 Å². The second-order valence-corrected chi connectivity index (χ2v) is 12.6. The van der Waals surface area contributed by atoms with Gasteiger partial charge in [0.1, 0.15) is 5.65 Å². The van der Waals surface area contributed by atoms with Gasteiger partial charge in [-0.15, -0.1) is 0 Å². The molecule has 1 saturated heterocycles. The summed E-state index contributed by atoms with van der Waals surface area (Å²) in [5, 5.41) is 0.835. The molecule has 0 amide bonds. The molecule has 0 unspecified atom stereocenters. The maximum absolute atomic E-state index is 12.6. The van der Waals surface area contributed by atoms with Crippen molar-refractivity contribution in [2.45, 2.75) is 36.8 Å². The van der Waals surface area contributed by atoms with Crippen LogP contribution < -0.4 is 4.90 Å². The van der Waals surface area contributed by atoms with Crippen LogP contribution in [0.2, 0.25) is 0 Å². The molecule has 2 aromatic heterocycles. The van der Waals surface area contributed by atoms with Crippen molar-refractivity contribution < 1.29 is 8.42 Å². The number of aryl methyl sites for hydroxylation is 2. The van der Waals surface area contributed by atoms with Crippen molar-refractivity contribution in [1.82, 2.24) is 14.9 Å². The number of benzene rings is 2. The quantitative estimate of drug-likeness (QED) is 0.408. The van der Waals surface area contributed by atoms with Crippen LogP contribution in [0.4, 0.5) is 5.69 Å². The van der Waals surface area contributed by atoms with Gasteiger partial charge in [0.15, 0.2) is 9.84 Å². The fourth-order valence-electron chi connectivity index (χ4n) is 5.45. The van der Waals surface area contributed by atoms with Crippen molar-refractivity contribution in [2.75, 3.05) is 38.1 Å². The van der Waals surface area contributed by atoms with Gasteiger partial charge in [-0.25, -0.2) is 13.4 Å². The van der Waals surface area contributed by atoms with Crippen LogP contribution >= 0.6 is 0 Å². The van der Waals surface area contributed by atoms with Gasteiger partial charge >= 0.3 is 0 Å². The lowest BCUT2D eigenvalue weighted by Crippen LogP contribution is -2.45. The monoisotopic (exact) mass is 500 g/mol. The summed E-state index contributed by atoms with van der Waals surface area (Å²) in [6, 6.07) is 14.0. The Kier molecular flexibility index (Phi) is 5.65. The Bertz CT molecular complexity index is 1520. The van der Waals surface area contributed by atoms with Crippen LogP contribution in [0.3, 0.4) is 0 Å². The molecule has 1 N–H and O–H groups in total. The Morgan fingerprint density at radius 3 is 2.19 bits per heavy atom. The molecule has 1 aliphatic carbocycles. The van der Waals surface area contributed by atoms with Gasteiger partial charge in [-0.05, 0) is 86.3 Å². The number of aromatic amines is 1. The molecule has 2 aromatic carbocycles. The van der Waals surface area contributed by atoms with Crippen molar-refractivity contribution in [3.05, 3.63) is 66.0 Å². The Labute approximate surface area is 212 Å². The van der Waals surface area contributed by atoms with Gasteiger partial charge in [0, 0.05) is 60.8 Å². The molecule has 0 radical (unpaired) electrons. The van der Waals surface area contributed by atoms with E-state index in [1.165, 1.54) is 16.8 Å². The first-order chi connectivity index (χ1) is 17.3. The van der Waals surface area contributed by atoms with E-state index >= 15 is 0 Å². The number of aromatic nitrogens is 2. The van der Waals surface area contributed by atoms with E-state index in [2.05, 4.69) is 53.9 Å². The number of fused-ring (bicyclic) bond motifs is 1. The van der Waals surface area contributed by atoms with E-state index in [0.717, 1.165) is 72.3 Å². The molecule has 0 atom stereocenters. The molecule has 1 aliphatic heterocycles. The number of pyridine rings is 1. The predicted molar refractivity (Wildman–Crippen MR) is 146 cm³/mol. The Morgan fingerprint density at radius 2 is 1.56 bits per heavy atom. The normalized spacial score (nSPS) is 17.1. The number of rotatable bonds is 5. The fourth-order valence-corrected chi connectivity index (χ4v) is 7.10. The summed E-state index contributed by atoms with van der Waals surface area (Å²) in [6.07, 6.45) is 5.43. The number of piperazine rings is 1. The molecule has 6 rings (SSSR count). The summed E-state index contributed by atoms with van der Waals surface area (Å²) >= 11 is 0.